The molecule has 3 nitrogen and oxygen atoms in total. The first kappa shape index (κ1) is 17.2. The fourth-order valence-electron chi connectivity index (χ4n) is 2.80. The molecular weight excluding hydrogens is 350 g/mol. The van der Waals surface area contributed by atoms with Crippen LogP contribution in [0.1, 0.15) is 12.5 Å². The van der Waals surface area contributed by atoms with E-state index in [2.05, 4.69) is 64.0 Å². The van der Waals surface area contributed by atoms with Crippen LogP contribution >= 0.6 is 11.3 Å². The topological polar surface area (TPSA) is 37.3 Å². The van der Waals surface area contributed by atoms with Gasteiger partial charge in [-0.15, -0.1) is 11.3 Å². The van der Waals surface area contributed by atoms with Gasteiger partial charge in [-0.3, -0.25) is 5.43 Å². The van der Waals surface area contributed by atoms with Gasteiger partial charge in [0.05, 0.1) is 11.4 Å². The van der Waals surface area contributed by atoms with Crippen LogP contribution in [0.5, 0.6) is 0 Å². The molecule has 0 aliphatic rings. The Bertz CT molecular complexity index is 1040. The van der Waals surface area contributed by atoms with Crippen molar-refractivity contribution in [3.8, 4) is 22.4 Å². The summed E-state index contributed by atoms with van der Waals surface area (Å²) in [4.78, 5) is 4.65. The molecule has 0 bridgehead atoms. The molecular formula is C23H19N3S. The Morgan fingerprint density at radius 2 is 1.37 bits per heavy atom. The minimum atomic E-state index is 0.785. The number of hydrazone groups is 1. The molecule has 27 heavy (non-hydrogen) atoms. The van der Waals surface area contributed by atoms with Crippen LogP contribution in [-0.4, -0.2) is 10.7 Å². The van der Waals surface area contributed by atoms with E-state index in [0.29, 0.717) is 0 Å². The predicted molar refractivity (Wildman–Crippen MR) is 115 cm³/mol. The first-order chi connectivity index (χ1) is 13.3. The highest BCUT2D eigenvalue weighted by Crippen LogP contribution is 2.27. The molecule has 0 fully saturated rings. The van der Waals surface area contributed by atoms with Crippen molar-refractivity contribution in [2.24, 2.45) is 5.10 Å². The summed E-state index contributed by atoms with van der Waals surface area (Å²) in [6.07, 6.45) is 0. The van der Waals surface area contributed by atoms with Crippen molar-refractivity contribution in [2.75, 3.05) is 5.43 Å². The van der Waals surface area contributed by atoms with Gasteiger partial charge in [0.25, 0.3) is 0 Å². The lowest BCUT2D eigenvalue weighted by Crippen LogP contribution is -1.99. The van der Waals surface area contributed by atoms with E-state index in [-0.39, 0.29) is 0 Å². The monoisotopic (exact) mass is 369 g/mol. The third kappa shape index (κ3) is 4.13. The van der Waals surface area contributed by atoms with Crippen LogP contribution in [0.25, 0.3) is 22.4 Å². The third-order valence-corrected chi connectivity index (χ3v) is 5.05. The maximum absolute atomic E-state index is 4.65. The summed E-state index contributed by atoms with van der Waals surface area (Å²) in [6, 6.07) is 29.0. The number of anilines is 1. The Labute approximate surface area is 163 Å². The maximum atomic E-state index is 4.65. The summed E-state index contributed by atoms with van der Waals surface area (Å²) in [7, 11) is 0. The summed E-state index contributed by atoms with van der Waals surface area (Å²) < 4.78 is 0. The zero-order chi connectivity index (χ0) is 18.5. The van der Waals surface area contributed by atoms with Crippen LogP contribution in [0, 0.1) is 0 Å². The molecule has 3 aromatic carbocycles. The lowest BCUT2D eigenvalue weighted by atomic mass is 10.0. The average Bonchev–Trinajstić information content (AvgIpc) is 3.22. The summed E-state index contributed by atoms with van der Waals surface area (Å²) in [5.41, 5.74) is 9.57. The van der Waals surface area contributed by atoms with Gasteiger partial charge in [-0.05, 0) is 23.6 Å². The molecule has 0 saturated heterocycles. The van der Waals surface area contributed by atoms with E-state index >= 15 is 0 Å². The molecule has 0 aliphatic heterocycles. The van der Waals surface area contributed by atoms with Gasteiger partial charge in [0.2, 0.25) is 5.13 Å². The minimum absolute atomic E-state index is 0.785. The normalized spacial score (nSPS) is 11.4. The van der Waals surface area contributed by atoms with Crippen molar-refractivity contribution in [1.29, 1.82) is 0 Å². The van der Waals surface area contributed by atoms with Gasteiger partial charge in [-0.25, -0.2) is 4.98 Å². The van der Waals surface area contributed by atoms with Crippen molar-refractivity contribution in [2.45, 2.75) is 6.92 Å². The summed E-state index contributed by atoms with van der Waals surface area (Å²) in [5.74, 6) is 0. The number of aromatic nitrogens is 1. The Hall–Kier alpha value is -3.24. The largest absolute Gasteiger partial charge is 0.252 e. The Kier molecular flexibility index (Phi) is 5.08. The maximum Gasteiger partial charge on any atom is 0.203 e. The van der Waals surface area contributed by atoms with Crippen LogP contribution in [0.15, 0.2) is 95.4 Å². The number of hydrogen-bond acceptors (Lipinski definition) is 4. The van der Waals surface area contributed by atoms with Gasteiger partial charge in [0, 0.05) is 10.9 Å². The van der Waals surface area contributed by atoms with E-state index in [1.54, 1.807) is 11.3 Å². The Balaban J connectivity index is 1.48. The van der Waals surface area contributed by atoms with E-state index in [1.807, 2.05) is 48.7 Å². The molecule has 0 atom stereocenters. The second-order valence-corrected chi connectivity index (χ2v) is 7.01. The van der Waals surface area contributed by atoms with Crippen molar-refractivity contribution in [3.05, 3.63) is 95.9 Å². The number of nitrogens with one attached hydrogen (secondary N) is 1. The summed E-state index contributed by atoms with van der Waals surface area (Å²) >= 11 is 1.55. The SMILES string of the molecule is C/C(=N\Nc1nc(-c2ccc(-c3ccccc3)cc2)cs1)c1ccccc1. The minimum Gasteiger partial charge on any atom is -0.252 e. The third-order valence-electron chi connectivity index (χ3n) is 4.30. The highest BCUT2D eigenvalue weighted by atomic mass is 32.1. The fraction of sp³-hybridized carbons (Fsp3) is 0.0435. The molecule has 0 unspecified atom stereocenters. The highest BCUT2D eigenvalue weighted by molar-refractivity contribution is 7.14. The van der Waals surface area contributed by atoms with Gasteiger partial charge in [-0.2, -0.15) is 5.10 Å². The van der Waals surface area contributed by atoms with Crippen LogP contribution in [0.2, 0.25) is 0 Å². The number of rotatable bonds is 5. The van der Waals surface area contributed by atoms with Crippen molar-refractivity contribution in [3.63, 3.8) is 0 Å². The molecule has 0 saturated carbocycles. The smallest absolute Gasteiger partial charge is 0.203 e. The van der Waals surface area contributed by atoms with E-state index < -0.39 is 0 Å². The second-order valence-electron chi connectivity index (χ2n) is 6.16. The highest BCUT2D eigenvalue weighted by Gasteiger charge is 2.05. The van der Waals surface area contributed by atoms with Crippen LogP contribution in [0.4, 0.5) is 5.13 Å². The molecule has 4 heteroatoms. The molecule has 4 rings (SSSR count). The molecule has 1 N–H and O–H groups in total. The zero-order valence-corrected chi connectivity index (χ0v) is 15.8. The second kappa shape index (κ2) is 7.98. The molecule has 1 heterocycles. The van der Waals surface area contributed by atoms with E-state index in [9.17, 15) is 0 Å². The molecule has 132 valence electrons. The van der Waals surface area contributed by atoms with Crippen LogP contribution in [-0.2, 0) is 0 Å². The van der Waals surface area contributed by atoms with Crippen molar-refractivity contribution >= 4 is 22.2 Å². The lowest BCUT2D eigenvalue weighted by Gasteiger charge is -2.03. The summed E-state index contributed by atoms with van der Waals surface area (Å²) in [5, 5.41) is 7.27. The molecule has 0 spiro atoms. The summed E-state index contributed by atoms with van der Waals surface area (Å²) in [6.45, 7) is 1.99. The van der Waals surface area contributed by atoms with Gasteiger partial charge >= 0.3 is 0 Å². The quantitative estimate of drug-likeness (QED) is 0.330. The molecule has 0 radical (unpaired) electrons. The van der Waals surface area contributed by atoms with Crippen molar-refractivity contribution < 1.29 is 0 Å². The number of nitrogens with zero attached hydrogens (tertiary/aromatic N) is 2. The standard InChI is InChI=1S/C23H19N3S/c1-17(18-8-4-2-5-9-18)25-26-23-24-22(16-27-23)21-14-12-20(13-15-21)19-10-6-3-7-11-19/h2-16H,1H3,(H,24,26)/b25-17+. The Morgan fingerprint density at radius 3 is 2.07 bits per heavy atom. The number of hydrogen-bond donors (Lipinski definition) is 1. The number of benzene rings is 3. The van der Waals surface area contributed by atoms with Crippen molar-refractivity contribution in [1.82, 2.24) is 4.98 Å². The first-order valence-corrected chi connectivity index (χ1v) is 9.65. The van der Waals surface area contributed by atoms with Gasteiger partial charge in [0.1, 0.15) is 0 Å². The predicted octanol–water partition coefficient (Wildman–Crippen LogP) is 6.31. The van der Waals surface area contributed by atoms with Gasteiger partial charge in [0.15, 0.2) is 0 Å². The average molecular weight is 369 g/mol. The lowest BCUT2D eigenvalue weighted by molar-refractivity contribution is 1.27. The Morgan fingerprint density at radius 1 is 0.778 bits per heavy atom. The number of thiazole rings is 1. The van der Waals surface area contributed by atoms with Crippen LogP contribution in [0.3, 0.4) is 0 Å². The molecule has 0 aliphatic carbocycles. The molecule has 4 aromatic rings. The molecule has 0 amide bonds. The van der Waals surface area contributed by atoms with E-state index in [4.69, 9.17) is 0 Å². The molecule has 1 aromatic heterocycles. The van der Waals surface area contributed by atoms with E-state index in [0.717, 1.165) is 27.7 Å². The van der Waals surface area contributed by atoms with Gasteiger partial charge in [-0.1, -0.05) is 84.9 Å². The fourth-order valence-corrected chi connectivity index (χ4v) is 3.46. The zero-order valence-electron chi connectivity index (χ0n) is 15.0. The van der Waals surface area contributed by atoms with E-state index in [1.165, 1.54) is 11.1 Å². The van der Waals surface area contributed by atoms with Gasteiger partial charge < -0.3 is 0 Å². The first-order valence-electron chi connectivity index (χ1n) is 8.77. The van der Waals surface area contributed by atoms with Crippen LogP contribution < -0.4 is 5.43 Å².